The van der Waals surface area contributed by atoms with Crippen molar-refractivity contribution in [3.63, 3.8) is 0 Å². The zero-order valence-electron chi connectivity index (χ0n) is 14.9. The van der Waals surface area contributed by atoms with Crippen LogP contribution in [0.2, 0.25) is 0 Å². The molecule has 0 amide bonds. The fraction of sp³-hybridized carbons (Fsp3) is 0.478. The van der Waals surface area contributed by atoms with Crippen LogP contribution >= 0.6 is 0 Å². The molecule has 1 aliphatic heterocycles. The Hall–Kier alpha value is -1.80. The monoisotopic (exact) mass is 335 g/mol. The second-order valence-corrected chi connectivity index (χ2v) is 7.89. The Balaban J connectivity index is 1.50. The average Bonchev–Trinajstić information content (AvgIpc) is 2.67. The van der Waals surface area contributed by atoms with E-state index in [0.717, 1.165) is 18.3 Å². The Morgan fingerprint density at radius 3 is 2.64 bits per heavy atom. The number of hydrogen-bond donors (Lipinski definition) is 2. The van der Waals surface area contributed by atoms with E-state index in [4.69, 9.17) is 0 Å². The van der Waals surface area contributed by atoms with Crippen molar-refractivity contribution in [2.75, 3.05) is 0 Å². The Labute approximate surface area is 151 Å². The molecule has 2 aliphatic rings. The van der Waals surface area contributed by atoms with E-state index < -0.39 is 0 Å². The number of hydrogen-bond acceptors (Lipinski definition) is 2. The summed E-state index contributed by atoms with van der Waals surface area (Å²) in [6.07, 6.45) is 9.11. The summed E-state index contributed by atoms with van der Waals surface area (Å²) in [5.41, 5.74) is 2.69. The molecule has 2 N–H and O–H groups in total. The van der Waals surface area contributed by atoms with E-state index in [0.29, 0.717) is 17.8 Å². The van der Waals surface area contributed by atoms with Gasteiger partial charge in [0, 0.05) is 12.1 Å². The van der Waals surface area contributed by atoms with Gasteiger partial charge in [-0.2, -0.15) is 0 Å². The van der Waals surface area contributed by atoms with Crippen molar-refractivity contribution in [1.29, 1.82) is 0 Å². The van der Waals surface area contributed by atoms with Crippen LogP contribution in [0.1, 0.15) is 55.7 Å². The SMILES string of the molecule is Oc1cccc([C@H]2CC3CCCCC3C(CCc3ccccc3)N2)c1. The third kappa shape index (κ3) is 3.90. The molecule has 0 bridgehead atoms. The lowest BCUT2D eigenvalue weighted by Gasteiger charge is -2.46. The Kier molecular flexibility index (Phi) is 5.07. The smallest absolute Gasteiger partial charge is 0.115 e. The topological polar surface area (TPSA) is 32.3 Å². The summed E-state index contributed by atoms with van der Waals surface area (Å²) >= 11 is 0. The van der Waals surface area contributed by atoms with Gasteiger partial charge in [-0.1, -0.05) is 61.7 Å². The summed E-state index contributed by atoms with van der Waals surface area (Å²) < 4.78 is 0. The number of aromatic hydroxyl groups is 1. The average molecular weight is 335 g/mol. The molecule has 4 rings (SSSR count). The van der Waals surface area contributed by atoms with Crippen molar-refractivity contribution >= 4 is 0 Å². The fourth-order valence-electron chi connectivity index (χ4n) is 5.05. The Morgan fingerprint density at radius 1 is 0.960 bits per heavy atom. The maximum atomic E-state index is 9.87. The minimum Gasteiger partial charge on any atom is -0.508 e. The first-order valence-electron chi connectivity index (χ1n) is 9.88. The highest BCUT2D eigenvalue weighted by molar-refractivity contribution is 5.30. The second kappa shape index (κ2) is 7.61. The molecule has 1 aliphatic carbocycles. The number of benzene rings is 2. The summed E-state index contributed by atoms with van der Waals surface area (Å²) in [6, 6.07) is 19.7. The predicted molar refractivity (Wildman–Crippen MR) is 103 cm³/mol. The number of fused-ring (bicyclic) bond motifs is 1. The van der Waals surface area contributed by atoms with Crippen molar-refractivity contribution in [2.24, 2.45) is 11.8 Å². The van der Waals surface area contributed by atoms with E-state index in [1.807, 2.05) is 12.1 Å². The summed E-state index contributed by atoms with van der Waals surface area (Å²) in [5.74, 6) is 2.04. The molecule has 25 heavy (non-hydrogen) atoms. The normalized spacial score (nSPS) is 29.1. The first-order valence-corrected chi connectivity index (χ1v) is 9.88. The van der Waals surface area contributed by atoms with Gasteiger partial charge in [0.2, 0.25) is 0 Å². The molecule has 1 saturated carbocycles. The van der Waals surface area contributed by atoms with Crippen molar-refractivity contribution in [1.82, 2.24) is 5.32 Å². The maximum Gasteiger partial charge on any atom is 0.115 e. The van der Waals surface area contributed by atoms with Crippen LogP contribution in [0.4, 0.5) is 0 Å². The lowest BCUT2D eigenvalue weighted by molar-refractivity contribution is 0.0992. The summed E-state index contributed by atoms with van der Waals surface area (Å²) in [4.78, 5) is 0. The van der Waals surface area contributed by atoms with Gasteiger partial charge in [0.05, 0.1) is 0 Å². The van der Waals surface area contributed by atoms with Gasteiger partial charge in [-0.25, -0.2) is 0 Å². The van der Waals surface area contributed by atoms with Crippen LogP contribution in [-0.4, -0.2) is 11.1 Å². The molecular weight excluding hydrogens is 306 g/mol. The molecule has 1 saturated heterocycles. The van der Waals surface area contributed by atoms with Gasteiger partial charge >= 0.3 is 0 Å². The molecular formula is C23H29NO. The fourth-order valence-corrected chi connectivity index (χ4v) is 5.05. The Bertz CT molecular complexity index is 684. The van der Waals surface area contributed by atoms with Crippen molar-refractivity contribution in [3.05, 3.63) is 65.7 Å². The highest BCUT2D eigenvalue weighted by Gasteiger charge is 2.38. The van der Waals surface area contributed by atoms with Crippen molar-refractivity contribution in [2.45, 2.75) is 57.0 Å². The molecule has 0 radical (unpaired) electrons. The molecule has 2 nitrogen and oxygen atoms in total. The highest BCUT2D eigenvalue weighted by Crippen LogP contribution is 2.43. The van der Waals surface area contributed by atoms with E-state index in [9.17, 15) is 5.11 Å². The van der Waals surface area contributed by atoms with Crippen LogP contribution in [0.15, 0.2) is 54.6 Å². The zero-order valence-corrected chi connectivity index (χ0v) is 14.9. The molecule has 2 heteroatoms. The predicted octanol–water partition coefficient (Wildman–Crippen LogP) is 5.23. The van der Waals surface area contributed by atoms with Gasteiger partial charge in [0.1, 0.15) is 5.75 Å². The number of rotatable bonds is 4. The van der Waals surface area contributed by atoms with E-state index in [1.165, 1.54) is 49.7 Å². The van der Waals surface area contributed by atoms with Crippen molar-refractivity contribution < 1.29 is 5.11 Å². The number of phenols is 1. The first kappa shape index (κ1) is 16.7. The van der Waals surface area contributed by atoms with Gasteiger partial charge < -0.3 is 10.4 Å². The van der Waals surface area contributed by atoms with Crippen LogP contribution in [0.3, 0.4) is 0 Å². The number of aryl methyl sites for hydroxylation is 1. The Morgan fingerprint density at radius 2 is 1.80 bits per heavy atom. The summed E-state index contributed by atoms with van der Waals surface area (Å²) in [7, 11) is 0. The van der Waals surface area contributed by atoms with Crippen LogP contribution in [0, 0.1) is 11.8 Å². The van der Waals surface area contributed by atoms with E-state index in [-0.39, 0.29) is 0 Å². The van der Waals surface area contributed by atoms with Crippen LogP contribution in [-0.2, 0) is 6.42 Å². The molecule has 132 valence electrons. The van der Waals surface area contributed by atoms with Crippen LogP contribution in [0.5, 0.6) is 5.75 Å². The van der Waals surface area contributed by atoms with Crippen LogP contribution < -0.4 is 5.32 Å². The largest absolute Gasteiger partial charge is 0.508 e. The van der Waals surface area contributed by atoms with E-state index in [1.54, 1.807) is 6.07 Å². The number of nitrogens with one attached hydrogen (secondary N) is 1. The molecule has 3 unspecified atom stereocenters. The molecule has 0 aromatic heterocycles. The van der Waals surface area contributed by atoms with Gasteiger partial charge in [-0.05, 0) is 60.8 Å². The highest BCUT2D eigenvalue weighted by atomic mass is 16.3. The molecule has 4 atom stereocenters. The van der Waals surface area contributed by atoms with Gasteiger partial charge in [0.25, 0.3) is 0 Å². The van der Waals surface area contributed by atoms with Gasteiger partial charge in [-0.15, -0.1) is 0 Å². The molecule has 2 fully saturated rings. The molecule has 2 aromatic carbocycles. The van der Waals surface area contributed by atoms with E-state index >= 15 is 0 Å². The minimum absolute atomic E-state index is 0.380. The first-order chi connectivity index (χ1) is 12.3. The molecule has 0 spiro atoms. The second-order valence-electron chi connectivity index (χ2n) is 7.89. The standard InChI is InChI=1S/C23H29NO/c25-20-11-6-10-19(15-20)23-16-18-9-4-5-12-21(18)22(24-23)14-13-17-7-2-1-3-8-17/h1-3,6-8,10-11,15,18,21-25H,4-5,9,12-14,16H2/t18?,21?,22?,23-/m1/s1. The third-order valence-electron chi connectivity index (χ3n) is 6.30. The summed E-state index contributed by atoms with van der Waals surface area (Å²) in [5, 5.41) is 13.8. The quantitative estimate of drug-likeness (QED) is 0.801. The van der Waals surface area contributed by atoms with Gasteiger partial charge in [0.15, 0.2) is 0 Å². The minimum atomic E-state index is 0.380. The van der Waals surface area contributed by atoms with Gasteiger partial charge in [-0.3, -0.25) is 0 Å². The maximum absolute atomic E-state index is 9.87. The number of piperidine rings is 1. The third-order valence-corrected chi connectivity index (χ3v) is 6.30. The molecule has 1 heterocycles. The van der Waals surface area contributed by atoms with Crippen molar-refractivity contribution in [3.8, 4) is 5.75 Å². The summed E-state index contributed by atoms with van der Waals surface area (Å²) in [6.45, 7) is 0. The van der Waals surface area contributed by atoms with Crippen LogP contribution in [0.25, 0.3) is 0 Å². The lowest BCUT2D eigenvalue weighted by Crippen LogP contribution is -2.49. The lowest BCUT2D eigenvalue weighted by atomic mass is 9.68. The number of phenolic OH excluding ortho intramolecular Hbond substituents is 1. The zero-order chi connectivity index (χ0) is 17.1. The molecule has 2 aromatic rings. The van der Waals surface area contributed by atoms with E-state index in [2.05, 4.69) is 41.7 Å².